The van der Waals surface area contributed by atoms with Crippen LogP contribution in [0.2, 0.25) is 0 Å². The lowest BCUT2D eigenvalue weighted by molar-refractivity contribution is -0.137. The van der Waals surface area contributed by atoms with E-state index < -0.39 is 28.8 Å². The van der Waals surface area contributed by atoms with E-state index in [-0.39, 0.29) is 23.0 Å². The molecule has 12 heteroatoms. The van der Waals surface area contributed by atoms with Crippen LogP contribution in [0.1, 0.15) is 29.9 Å². The second-order valence-electron chi connectivity index (χ2n) is 7.32. The largest absolute Gasteiger partial charge is 0.418 e. The second kappa shape index (κ2) is 6.76. The highest BCUT2D eigenvalue weighted by atomic mass is 19.4. The van der Waals surface area contributed by atoms with Crippen molar-refractivity contribution >= 4 is 17.1 Å². The van der Waals surface area contributed by atoms with Gasteiger partial charge in [-0.25, -0.2) is 4.39 Å². The Labute approximate surface area is 166 Å². The summed E-state index contributed by atoms with van der Waals surface area (Å²) in [7, 11) is 0. The first kappa shape index (κ1) is 19.0. The smallest absolute Gasteiger partial charge is 0.378 e. The zero-order valence-electron chi connectivity index (χ0n) is 15.5. The number of nitrogens with zero attached hydrogens (tertiary/aromatic N) is 5. The molecular weight excluding hydrogens is 408 g/mol. The molecule has 30 heavy (non-hydrogen) atoms. The van der Waals surface area contributed by atoms with Gasteiger partial charge in [-0.15, -0.1) is 15.0 Å². The van der Waals surface area contributed by atoms with Crippen LogP contribution in [0.3, 0.4) is 0 Å². The van der Waals surface area contributed by atoms with Crippen LogP contribution in [0.4, 0.5) is 23.5 Å². The fourth-order valence-electron chi connectivity index (χ4n) is 3.53. The standard InChI is InChI=1S/C18H16F4N6O2/c19-12-8-10(9-1-2-9)7-11(18(20,21)22)14(12)28-25-13-15(26-28)23-17(24-16(13)29)27-3-5-30-6-4-27/h7-9H,1-6H2,(H,23,24,26,29). The van der Waals surface area contributed by atoms with Crippen molar-refractivity contribution in [2.45, 2.75) is 24.9 Å². The fourth-order valence-corrected chi connectivity index (χ4v) is 3.53. The van der Waals surface area contributed by atoms with E-state index in [1.165, 1.54) is 0 Å². The van der Waals surface area contributed by atoms with Gasteiger partial charge in [-0.3, -0.25) is 9.78 Å². The Morgan fingerprint density at radius 1 is 1.13 bits per heavy atom. The third-order valence-corrected chi connectivity index (χ3v) is 5.20. The minimum Gasteiger partial charge on any atom is -0.378 e. The van der Waals surface area contributed by atoms with Crippen LogP contribution < -0.4 is 10.5 Å². The topological polar surface area (TPSA) is 88.9 Å². The molecule has 1 aromatic carbocycles. The maximum absolute atomic E-state index is 14.8. The molecule has 2 aromatic heterocycles. The lowest BCUT2D eigenvalue weighted by Gasteiger charge is -2.26. The maximum atomic E-state index is 14.8. The van der Waals surface area contributed by atoms with E-state index in [1.807, 2.05) is 0 Å². The molecule has 0 atom stereocenters. The first-order valence-electron chi connectivity index (χ1n) is 9.42. The number of ether oxygens (including phenoxy) is 1. The Hall–Kier alpha value is -3.02. The summed E-state index contributed by atoms with van der Waals surface area (Å²) < 4.78 is 61.1. The maximum Gasteiger partial charge on any atom is 0.418 e. The number of aromatic nitrogens is 5. The molecule has 3 heterocycles. The monoisotopic (exact) mass is 424 g/mol. The summed E-state index contributed by atoms with van der Waals surface area (Å²) in [5, 5.41) is 7.71. The minimum atomic E-state index is -4.82. The number of nitrogens with one attached hydrogen (secondary N) is 1. The molecule has 3 aromatic rings. The van der Waals surface area contributed by atoms with Crippen LogP contribution in [0.5, 0.6) is 0 Å². The van der Waals surface area contributed by atoms with Crippen molar-refractivity contribution in [3.63, 3.8) is 0 Å². The molecule has 0 unspecified atom stereocenters. The number of hydrogen-bond acceptors (Lipinski definition) is 6. The quantitative estimate of drug-likeness (QED) is 0.650. The van der Waals surface area contributed by atoms with Crippen molar-refractivity contribution < 1.29 is 22.3 Å². The molecule has 1 aliphatic heterocycles. The normalized spacial score (nSPS) is 17.7. The van der Waals surface area contributed by atoms with Crippen LogP contribution in [-0.2, 0) is 10.9 Å². The Morgan fingerprint density at radius 3 is 2.53 bits per heavy atom. The molecule has 0 bridgehead atoms. The number of anilines is 1. The third-order valence-electron chi connectivity index (χ3n) is 5.20. The van der Waals surface area contributed by atoms with E-state index in [9.17, 15) is 22.4 Å². The molecular formula is C18H16F4N6O2. The first-order valence-corrected chi connectivity index (χ1v) is 9.42. The average Bonchev–Trinajstić information content (AvgIpc) is 3.46. The summed E-state index contributed by atoms with van der Waals surface area (Å²) in [6, 6.07) is 2.01. The first-order chi connectivity index (χ1) is 14.3. The molecule has 158 valence electrons. The van der Waals surface area contributed by atoms with E-state index >= 15 is 0 Å². The van der Waals surface area contributed by atoms with Gasteiger partial charge in [-0.1, -0.05) is 0 Å². The number of alkyl halides is 3. The molecule has 1 aliphatic carbocycles. The van der Waals surface area contributed by atoms with Crippen molar-refractivity contribution in [2.24, 2.45) is 0 Å². The molecule has 2 fully saturated rings. The highest BCUT2D eigenvalue weighted by Gasteiger charge is 2.38. The molecule has 1 N–H and O–H groups in total. The van der Waals surface area contributed by atoms with Crippen molar-refractivity contribution in [1.82, 2.24) is 25.0 Å². The summed E-state index contributed by atoms with van der Waals surface area (Å²) in [5.41, 5.74) is -2.85. The number of hydrogen-bond donors (Lipinski definition) is 1. The van der Waals surface area contributed by atoms with Gasteiger partial charge in [0.1, 0.15) is 5.69 Å². The Balaban J connectivity index is 1.64. The van der Waals surface area contributed by atoms with Crippen molar-refractivity contribution in [3.05, 3.63) is 39.4 Å². The molecule has 8 nitrogen and oxygen atoms in total. The SMILES string of the molecule is O=c1[nH]c(N2CCOCC2)nc2nn(-c3c(F)cc(C4CC4)cc3C(F)(F)F)nc12. The van der Waals surface area contributed by atoms with Crippen LogP contribution in [0.15, 0.2) is 16.9 Å². The molecule has 0 radical (unpaired) electrons. The average molecular weight is 424 g/mol. The predicted octanol–water partition coefficient (Wildman–Crippen LogP) is 2.38. The molecule has 1 saturated carbocycles. The number of morpholine rings is 1. The van der Waals surface area contributed by atoms with Crippen LogP contribution in [0.25, 0.3) is 16.9 Å². The number of H-pyrrole nitrogens is 1. The lowest BCUT2D eigenvalue weighted by Crippen LogP contribution is -2.38. The van der Waals surface area contributed by atoms with E-state index in [0.717, 1.165) is 25.0 Å². The molecule has 1 saturated heterocycles. The number of benzene rings is 1. The van der Waals surface area contributed by atoms with Gasteiger partial charge in [-0.2, -0.15) is 18.2 Å². The van der Waals surface area contributed by atoms with Crippen LogP contribution in [0, 0.1) is 5.82 Å². The zero-order valence-corrected chi connectivity index (χ0v) is 15.5. The molecule has 0 spiro atoms. The van der Waals surface area contributed by atoms with Crippen LogP contribution >= 0.6 is 0 Å². The fraction of sp³-hybridized carbons (Fsp3) is 0.444. The van der Waals surface area contributed by atoms with Gasteiger partial charge in [0.2, 0.25) is 11.6 Å². The summed E-state index contributed by atoms with van der Waals surface area (Å²) in [6.45, 7) is 1.86. The van der Waals surface area contributed by atoms with Gasteiger partial charge in [0.25, 0.3) is 5.56 Å². The molecule has 2 aliphatic rings. The summed E-state index contributed by atoms with van der Waals surface area (Å²) >= 11 is 0. The van der Waals surface area contributed by atoms with Gasteiger partial charge >= 0.3 is 6.18 Å². The lowest BCUT2D eigenvalue weighted by atomic mass is 10.0. The number of aromatic amines is 1. The van der Waals surface area contributed by atoms with E-state index in [0.29, 0.717) is 36.7 Å². The van der Waals surface area contributed by atoms with Gasteiger partial charge in [0, 0.05) is 13.1 Å². The number of fused-ring (bicyclic) bond motifs is 1. The van der Waals surface area contributed by atoms with Crippen molar-refractivity contribution in [1.29, 1.82) is 0 Å². The third kappa shape index (κ3) is 3.30. The van der Waals surface area contributed by atoms with E-state index in [1.54, 1.807) is 4.90 Å². The molecule has 5 rings (SSSR count). The Bertz CT molecular complexity index is 1180. The van der Waals surface area contributed by atoms with Crippen molar-refractivity contribution in [2.75, 3.05) is 31.2 Å². The van der Waals surface area contributed by atoms with E-state index in [2.05, 4.69) is 20.2 Å². The Morgan fingerprint density at radius 2 is 1.87 bits per heavy atom. The summed E-state index contributed by atoms with van der Waals surface area (Å²) in [6.07, 6.45) is -3.37. The summed E-state index contributed by atoms with van der Waals surface area (Å²) in [5.74, 6) is -0.958. The van der Waals surface area contributed by atoms with E-state index in [4.69, 9.17) is 4.74 Å². The second-order valence-corrected chi connectivity index (χ2v) is 7.32. The highest BCUT2D eigenvalue weighted by Crippen LogP contribution is 2.44. The summed E-state index contributed by atoms with van der Waals surface area (Å²) in [4.78, 5) is 21.4. The van der Waals surface area contributed by atoms with Gasteiger partial charge in [0.05, 0.1) is 18.8 Å². The number of rotatable bonds is 3. The highest BCUT2D eigenvalue weighted by molar-refractivity contribution is 5.69. The van der Waals surface area contributed by atoms with Gasteiger partial charge in [0.15, 0.2) is 11.3 Å². The zero-order chi connectivity index (χ0) is 21.0. The Kier molecular flexibility index (Phi) is 4.27. The van der Waals surface area contributed by atoms with Crippen molar-refractivity contribution in [3.8, 4) is 5.69 Å². The predicted molar refractivity (Wildman–Crippen MR) is 97.2 cm³/mol. The van der Waals surface area contributed by atoms with Gasteiger partial charge < -0.3 is 9.64 Å². The van der Waals surface area contributed by atoms with Crippen LogP contribution in [-0.4, -0.2) is 51.3 Å². The van der Waals surface area contributed by atoms with Gasteiger partial charge in [-0.05, 0) is 36.5 Å². The minimum absolute atomic E-state index is 0.0695. The number of halogens is 4. The molecule has 0 amide bonds.